The first kappa shape index (κ1) is 19.1. The van der Waals surface area contributed by atoms with Crippen LogP contribution in [0.5, 0.6) is 0 Å². The molecule has 30 heavy (non-hydrogen) atoms. The highest BCUT2D eigenvalue weighted by atomic mass is 16.2. The zero-order valence-electron chi connectivity index (χ0n) is 16.9. The number of likely N-dealkylation sites (tertiary alicyclic amines) is 2. The lowest BCUT2D eigenvalue weighted by Gasteiger charge is -2.36. The molecule has 0 spiro atoms. The van der Waals surface area contributed by atoms with E-state index < -0.39 is 5.91 Å². The summed E-state index contributed by atoms with van der Waals surface area (Å²) in [6.07, 6.45) is 2.53. The van der Waals surface area contributed by atoms with Crippen molar-refractivity contribution in [1.82, 2.24) is 9.80 Å². The quantitative estimate of drug-likeness (QED) is 0.773. The third-order valence-corrected chi connectivity index (χ3v) is 7.12. The highest BCUT2D eigenvalue weighted by molar-refractivity contribution is 6.02. The number of benzene rings is 1. The van der Waals surface area contributed by atoms with E-state index in [1.54, 1.807) is 28.0 Å². The van der Waals surface area contributed by atoms with Crippen LogP contribution in [-0.2, 0) is 9.59 Å². The molecule has 8 nitrogen and oxygen atoms in total. The zero-order valence-corrected chi connectivity index (χ0v) is 16.9. The Morgan fingerprint density at radius 1 is 1.30 bits per heavy atom. The van der Waals surface area contributed by atoms with Crippen LogP contribution in [0.4, 0.5) is 5.69 Å². The SMILES string of the molecule is C[C@@H](CN1C[C@H]2C[C@@H]1C(=O)N2c1cccc(C(N)=O)c1)C(=O)N1C2C[C@H]2C[C@H]1C#N. The predicted octanol–water partition coefficient (Wildman–Crippen LogP) is 0.724. The summed E-state index contributed by atoms with van der Waals surface area (Å²) in [5.41, 5.74) is 6.45. The first-order valence-corrected chi connectivity index (χ1v) is 10.6. The number of nitrogens with zero attached hydrogens (tertiary/aromatic N) is 4. The summed E-state index contributed by atoms with van der Waals surface area (Å²) in [7, 11) is 0. The number of primary amides is 1. The maximum atomic E-state index is 13.1. The minimum atomic E-state index is -0.516. The Labute approximate surface area is 175 Å². The standard InChI is InChI=1S/C22H25N5O3/c1-12(21(29)27-16(9-23)6-14-7-18(14)27)10-25-11-17-8-19(25)22(30)26(17)15-4-2-3-13(5-15)20(24)28/h2-5,12,14,16-19H,6-8,10-11H2,1H3,(H2,24,28)/t12-,14+,16-,17+,18?,19+/m0/s1. The first-order valence-electron chi connectivity index (χ1n) is 10.6. The molecule has 2 N–H and O–H groups in total. The molecule has 1 aromatic rings. The maximum Gasteiger partial charge on any atom is 0.248 e. The van der Waals surface area contributed by atoms with E-state index in [1.807, 2.05) is 13.0 Å². The first-order chi connectivity index (χ1) is 14.4. The van der Waals surface area contributed by atoms with Crippen LogP contribution >= 0.6 is 0 Å². The smallest absolute Gasteiger partial charge is 0.248 e. The van der Waals surface area contributed by atoms with Crippen LogP contribution in [0.1, 0.15) is 36.5 Å². The molecule has 3 saturated heterocycles. The lowest BCUT2D eigenvalue weighted by molar-refractivity contribution is -0.137. The fourth-order valence-electron chi connectivity index (χ4n) is 5.59. The second-order valence-electron chi connectivity index (χ2n) is 9.07. The van der Waals surface area contributed by atoms with Gasteiger partial charge in [0.25, 0.3) is 0 Å². The van der Waals surface area contributed by atoms with Gasteiger partial charge in [0.1, 0.15) is 6.04 Å². The lowest BCUT2D eigenvalue weighted by atomic mass is 10.1. The fraction of sp³-hybridized carbons (Fsp3) is 0.545. The molecule has 1 saturated carbocycles. The predicted molar refractivity (Wildman–Crippen MR) is 108 cm³/mol. The summed E-state index contributed by atoms with van der Waals surface area (Å²) < 4.78 is 0. The van der Waals surface area contributed by atoms with Gasteiger partial charge in [-0.1, -0.05) is 13.0 Å². The van der Waals surface area contributed by atoms with E-state index >= 15 is 0 Å². The summed E-state index contributed by atoms with van der Waals surface area (Å²) >= 11 is 0. The number of anilines is 1. The average molecular weight is 407 g/mol. The summed E-state index contributed by atoms with van der Waals surface area (Å²) in [6.45, 7) is 3.12. The van der Waals surface area contributed by atoms with Crippen LogP contribution < -0.4 is 10.6 Å². The van der Waals surface area contributed by atoms with Crippen LogP contribution in [0, 0.1) is 23.2 Å². The normalized spacial score (nSPS) is 32.8. The van der Waals surface area contributed by atoms with Gasteiger partial charge in [0, 0.05) is 36.3 Å². The molecule has 0 aromatic heterocycles. The molecule has 156 valence electrons. The Morgan fingerprint density at radius 2 is 2.10 bits per heavy atom. The molecular formula is C22H25N5O3. The van der Waals surface area contributed by atoms with Crippen LogP contribution in [0.2, 0.25) is 0 Å². The molecular weight excluding hydrogens is 382 g/mol. The minimum Gasteiger partial charge on any atom is -0.366 e. The van der Waals surface area contributed by atoms with Crippen molar-refractivity contribution >= 4 is 23.4 Å². The number of nitrogens with two attached hydrogens (primary N) is 1. The Hall–Kier alpha value is -2.92. The Morgan fingerprint density at radius 3 is 2.80 bits per heavy atom. The number of rotatable bonds is 5. The van der Waals surface area contributed by atoms with Crippen LogP contribution in [0.25, 0.3) is 0 Å². The number of amides is 3. The Kier molecular flexibility index (Phi) is 4.33. The average Bonchev–Trinajstić information content (AvgIpc) is 3.07. The number of nitriles is 1. The molecule has 0 radical (unpaired) electrons. The van der Waals surface area contributed by atoms with Crippen LogP contribution in [0.15, 0.2) is 24.3 Å². The molecule has 2 bridgehead atoms. The maximum absolute atomic E-state index is 13.1. The third-order valence-electron chi connectivity index (χ3n) is 7.12. The lowest BCUT2D eigenvalue weighted by Crippen LogP contribution is -2.53. The van der Waals surface area contributed by atoms with Crippen LogP contribution in [0.3, 0.4) is 0 Å². The molecule has 3 amide bonds. The molecule has 1 unspecified atom stereocenters. The fourth-order valence-corrected chi connectivity index (χ4v) is 5.59. The van der Waals surface area contributed by atoms with E-state index in [4.69, 9.17) is 5.73 Å². The van der Waals surface area contributed by atoms with Gasteiger partial charge < -0.3 is 15.5 Å². The molecule has 1 aliphatic carbocycles. The van der Waals surface area contributed by atoms with Gasteiger partial charge in [0.05, 0.1) is 18.2 Å². The van der Waals surface area contributed by atoms with E-state index in [0.717, 1.165) is 19.3 Å². The second kappa shape index (κ2) is 6.81. The van der Waals surface area contributed by atoms with E-state index in [2.05, 4.69) is 11.0 Å². The summed E-state index contributed by atoms with van der Waals surface area (Å²) in [4.78, 5) is 43.2. The van der Waals surface area contributed by atoms with E-state index in [0.29, 0.717) is 30.3 Å². The van der Waals surface area contributed by atoms with E-state index in [-0.39, 0.29) is 41.9 Å². The van der Waals surface area contributed by atoms with Gasteiger partial charge in [-0.15, -0.1) is 0 Å². The zero-order chi connectivity index (χ0) is 21.2. The van der Waals surface area contributed by atoms with Gasteiger partial charge in [-0.3, -0.25) is 19.3 Å². The van der Waals surface area contributed by atoms with Gasteiger partial charge in [0.15, 0.2) is 0 Å². The number of hydrogen-bond acceptors (Lipinski definition) is 5. The number of piperidine rings is 1. The van der Waals surface area contributed by atoms with Gasteiger partial charge in [-0.2, -0.15) is 5.26 Å². The number of hydrogen-bond donors (Lipinski definition) is 1. The summed E-state index contributed by atoms with van der Waals surface area (Å²) in [6, 6.07) is 8.86. The summed E-state index contributed by atoms with van der Waals surface area (Å²) in [5.74, 6) is -0.226. The van der Waals surface area contributed by atoms with Gasteiger partial charge in [-0.05, 0) is 43.4 Å². The van der Waals surface area contributed by atoms with Crippen molar-refractivity contribution in [3.05, 3.63) is 29.8 Å². The highest BCUT2D eigenvalue weighted by Gasteiger charge is 2.55. The van der Waals surface area contributed by atoms with Crippen molar-refractivity contribution in [3.63, 3.8) is 0 Å². The largest absolute Gasteiger partial charge is 0.366 e. The number of fused-ring (bicyclic) bond motifs is 3. The number of piperazine rings is 1. The Balaban J connectivity index is 1.26. The highest BCUT2D eigenvalue weighted by Crippen LogP contribution is 2.48. The van der Waals surface area contributed by atoms with Crippen molar-refractivity contribution in [2.75, 3.05) is 18.0 Å². The van der Waals surface area contributed by atoms with Crippen molar-refractivity contribution in [3.8, 4) is 6.07 Å². The Bertz CT molecular complexity index is 972. The monoisotopic (exact) mass is 407 g/mol. The molecule has 4 fully saturated rings. The summed E-state index contributed by atoms with van der Waals surface area (Å²) in [5, 5.41) is 9.37. The van der Waals surface area contributed by atoms with Gasteiger partial charge in [0.2, 0.25) is 17.7 Å². The van der Waals surface area contributed by atoms with Crippen molar-refractivity contribution < 1.29 is 14.4 Å². The van der Waals surface area contributed by atoms with E-state index in [1.165, 1.54) is 0 Å². The van der Waals surface area contributed by atoms with E-state index in [9.17, 15) is 19.6 Å². The molecule has 5 rings (SSSR count). The molecule has 3 heterocycles. The molecule has 4 aliphatic rings. The van der Waals surface area contributed by atoms with Crippen molar-refractivity contribution in [2.45, 2.75) is 50.4 Å². The number of carbonyl (C=O) groups excluding carboxylic acids is 3. The van der Waals surface area contributed by atoms with Crippen LogP contribution in [-0.4, -0.2) is 64.8 Å². The molecule has 8 heteroatoms. The minimum absolute atomic E-state index is 0.00542. The number of carbonyl (C=O) groups is 3. The topological polar surface area (TPSA) is 111 Å². The molecule has 1 aromatic carbocycles. The molecule has 3 aliphatic heterocycles. The van der Waals surface area contributed by atoms with Gasteiger partial charge in [-0.25, -0.2) is 0 Å². The van der Waals surface area contributed by atoms with Crippen molar-refractivity contribution in [2.24, 2.45) is 17.6 Å². The molecule has 6 atom stereocenters. The van der Waals surface area contributed by atoms with Crippen molar-refractivity contribution in [1.29, 1.82) is 5.26 Å². The second-order valence-corrected chi connectivity index (χ2v) is 9.07. The van der Waals surface area contributed by atoms with Gasteiger partial charge >= 0.3 is 0 Å². The third kappa shape index (κ3) is 2.88.